The van der Waals surface area contributed by atoms with Crippen molar-refractivity contribution in [2.75, 3.05) is 12.4 Å². The van der Waals surface area contributed by atoms with Gasteiger partial charge >= 0.3 is 0 Å². The Labute approximate surface area is 137 Å². The number of rotatable bonds is 4. The molecule has 2 unspecified atom stereocenters. The predicted molar refractivity (Wildman–Crippen MR) is 90.6 cm³/mol. The first-order valence-corrected chi connectivity index (χ1v) is 8.10. The van der Waals surface area contributed by atoms with Crippen molar-refractivity contribution < 1.29 is 14.3 Å². The predicted octanol–water partition coefficient (Wildman–Crippen LogP) is 2.80. The van der Waals surface area contributed by atoms with Gasteiger partial charge in [-0.15, -0.1) is 0 Å². The van der Waals surface area contributed by atoms with Crippen LogP contribution in [-0.2, 0) is 9.59 Å². The molecule has 1 saturated heterocycles. The Hall–Kier alpha value is -2.04. The summed E-state index contributed by atoms with van der Waals surface area (Å²) >= 11 is 0. The third-order valence-corrected chi connectivity index (χ3v) is 4.60. The highest BCUT2D eigenvalue weighted by Gasteiger charge is 2.34. The molecule has 1 aliphatic heterocycles. The van der Waals surface area contributed by atoms with Crippen molar-refractivity contribution in [2.24, 2.45) is 11.8 Å². The van der Waals surface area contributed by atoms with E-state index in [-0.39, 0.29) is 17.9 Å². The van der Waals surface area contributed by atoms with Crippen LogP contribution < -0.4 is 15.4 Å². The zero-order valence-electron chi connectivity index (χ0n) is 14.5. The number of anilines is 1. The fourth-order valence-electron chi connectivity index (χ4n) is 3.08. The molecule has 1 heterocycles. The van der Waals surface area contributed by atoms with E-state index in [0.29, 0.717) is 18.0 Å². The van der Waals surface area contributed by atoms with E-state index in [1.54, 1.807) is 7.11 Å². The van der Waals surface area contributed by atoms with Crippen molar-refractivity contribution in [3.8, 4) is 5.75 Å². The number of nitrogens with one attached hydrogen (secondary N) is 2. The van der Waals surface area contributed by atoms with Gasteiger partial charge in [0, 0.05) is 17.3 Å². The van der Waals surface area contributed by atoms with Crippen LogP contribution in [0.4, 0.5) is 5.69 Å². The van der Waals surface area contributed by atoms with Crippen molar-refractivity contribution in [1.29, 1.82) is 0 Å². The number of amides is 2. The topological polar surface area (TPSA) is 67.4 Å². The van der Waals surface area contributed by atoms with Gasteiger partial charge < -0.3 is 15.4 Å². The van der Waals surface area contributed by atoms with Gasteiger partial charge in [0.1, 0.15) is 11.7 Å². The summed E-state index contributed by atoms with van der Waals surface area (Å²) in [4.78, 5) is 24.7. The summed E-state index contributed by atoms with van der Waals surface area (Å²) in [6, 6.07) is 3.91. The lowest BCUT2D eigenvalue weighted by atomic mass is 9.88. The minimum absolute atomic E-state index is 0.160. The lowest BCUT2D eigenvalue weighted by molar-refractivity contribution is -0.135. The Kier molecular flexibility index (Phi) is 5.29. The van der Waals surface area contributed by atoms with Crippen molar-refractivity contribution >= 4 is 17.5 Å². The van der Waals surface area contributed by atoms with Crippen LogP contribution in [-0.4, -0.2) is 25.0 Å². The molecule has 0 spiro atoms. The molecule has 0 aromatic heterocycles. The zero-order valence-corrected chi connectivity index (χ0v) is 14.5. The largest absolute Gasteiger partial charge is 0.496 e. The van der Waals surface area contributed by atoms with E-state index < -0.39 is 5.92 Å². The number of hydrogen-bond donors (Lipinski definition) is 2. The maximum absolute atomic E-state index is 12.5. The first kappa shape index (κ1) is 17.3. The fraction of sp³-hybridized carbons (Fsp3) is 0.556. The van der Waals surface area contributed by atoms with Crippen LogP contribution in [0.1, 0.15) is 37.8 Å². The number of carbonyl (C=O) groups is 2. The van der Waals surface area contributed by atoms with Gasteiger partial charge in [-0.1, -0.05) is 19.9 Å². The van der Waals surface area contributed by atoms with Crippen molar-refractivity contribution in [3.05, 3.63) is 23.3 Å². The molecule has 23 heavy (non-hydrogen) atoms. The fourth-order valence-corrected chi connectivity index (χ4v) is 3.08. The highest BCUT2D eigenvalue weighted by molar-refractivity contribution is 6.07. The van der Waals surface area contributed by atoms with E-state index in [1.165, 1.54) is 0 Å². The smallest absolute Gasteiger partial charge is 0.236 e. The van der Waals surface area contributed by atoms with Gasteiger partial charge in [-0.05, 0) is 44.2 Å². The number of carbonyl (C=O) groups excluding carboxylic acids is 2. The maximum atomic E-state index is 12.5. The van der Waals surface area contributed by atoms with Gasteiger partial charge in [-0.25, -0.2) is 0 Å². The number of ether oxygens (including phenoxy) is 1. The number of aryl methyl sites for hydroxylation is 1. The molecule has 0 saturated carbocycles. The summed E-state index contributed by atoms with van der Waals surface area (Å²) in [5.41, 5.74) is 2.58. The van der Waals surface area contributed by atoms with Crippen LogP contribution in [0.2, 0.25) is 0 Å². The molecular weight excluding hydrogens is 292 g/mol. The molecular formula is C18H26N2O3. The van der Waals surface area contributed by atoms with E-state index in [0.717, 1.165) is 23.3 Å². The summed E-state index contributed by atoms with van der Waals surface area (Å²) in [5.74, 6) is 0.0851. The van der Waals surface area contributed by atoms with E-state index in [9.17, 15) is 9.59 Å². The van der Waals surface area contributed by atoms with E-state index >= 15 is 0 Å². The minimum Gasteiger partial charge on any atom is -0.496 e. The van der Waals surface area contributed by atoms with E-state index in [4.69, 9.17) is 4.74 Å². The molecule has 2 N–H and O–H groups in total. The van der Waals surface area contributed by atoms with Crippen LogP contribution >= 0.6 is 0 Å². The number of methoxy groups -OCH3 is 1. The third kappa shape index (κ3) is 3.66. The molecule has 5 heteroatoms. The van der Waals surface area contributed by atoms with E-state index in [1.807, 2.05) is 26.0 Å². The van der Waals surface area contributed by atoms with Gasteiger partial charge in [-0.2, -0.15) is 0 Å². The quantitative estimate of drug-likeness (QED) is 0.839. The summed E-state index contributed by atoms with van der Waals surface area (Å²) < 4.78 is 5.37. The van der Waals surface area contributed by atoms with Crippen LogP contribution in [0.25, 0.3) is 0 Å². The minimum atomic E-state index is -0.628. The van der Waals surface area contributed by atoms with Crippen molar-refractivity contribution in [1.82, 2.24) is 5.32 Å². The first-order chi connectivity index (χ1) is 10.8. The molecule has 126 valence electrons. The van der Waals surface area contributed by atoms with Crippen LogP contribution in [0.3, 0.4) is 0 Å². The van der Waals surface area contributed by atoms with Gasteiger partial charge in [-0.3, -0.25) is 9.59 Å². The molecule has 2 atom stereocenters. The van der Waals surface area contributed by atoms with Crippen molar-refractivity contribution in [3.63, 3.8) is 0 Å². The molecule has 1 aliphatic rings. The maximum Gasteiger partial charge on any atom is 0.236 e. The molecule has 0 aliphatic carbocycles. The van der Waals surface area contributed by atoms with Gasteiger partial charge in [0.25, 0.3) is 0 Å². The number of benzene rings is 1. The molecule has 2 rings (SSSR count). The second kappa shape index (κ2) is 7.02. The Morgan fingerprint density at radius 1 is 1.30 bits per heavy atom. The SMILES string of the molecule is COc1c(C)ccc(NC(=O)C2CCC(C(C)C)NC2=O)c1C. The monoisotopic (exact) mass is 318 g/mol. The highest BCUT2D eigenvalue weighted by Crippen LogP contribution is 2.30. The Morgan fingerprint density at radius 2 is 2.00 bits per heavy atom. The van der Waals surface area contributed by atoms with Crippen molar-refractivity contribution in [2.45, 2.75) is 46.6 Å². The average molecular weight is 318 g/mol. The van der Waals surface area contributed by atoms with Crippen LogP contribution in [0, 0.1) is 25.7 Å². The second-order valence-electron chi connectivity index (χ2n) is 6.57. The van der Waals surface area contributed by atoms with Crippen LogP contribution in [0.15, 0.2) is 12.1 Å². The lowest BCUT2D eigenvalue weighted by Crippen LogP contribution is -2.49. The van der Waals surface area contributed by atoms with E-state index in [2.05, 4.69) is 24.5 Å². The Morgan fingerprint density at radius 3 is 2.57 bits per heavy atom. The molecule has 2 amide bonds. The van der Waals surface area contributed by atoms with Crippen LogP contribution in [0.5, 0.6) is 5.75 Å². The summed E-state index contributed by atoms with van der Waals surface area (Å²) in [6.07, 6.45) is 1.42. The number of hydrogen-bond acceptors (Lipinski definition) is 3. The number of piperidine rings is 1. The lowest BCUT2D eigenvalue weighted by Gasteiger charge is -2.31. The van der Waals surface area contributed by atoms with Gasteiger partial charge in [0.2, 0.25) is 11.8 Å². The molecule has 0 bridgehead atoms. The van der Waals surface area contributed by atoms with Gasteiger partial charge in [0.15, 0.2) is 0 Å². The summed E-state index contributed by atoms with van der Waals surface area (Å²) in [5, 5.41) is 5.83. The third-order valence-electron chi connectivity index (χ3n) is 4.60. The molecule has 0 radical (unpaired) electrons. The normalized spacial score (nSPS) is 21.0. The average Bonchev–Trinajstić information content (AvgIpc) is 2.50. The molecule has 5 nitrogen and oxygen atoms in total. The summed E-state index contributed by atoms with van der Waals surface area (Å²) in [6.45, 7) is 8.01. The van der Waals surface area contributed by atoms with Gasteiger partial charge in [0.05, 0.1) is 7.11 Å². The first-order valence-electron chi connectivity index (χ1n) is 8.10. The Bertz CT molecular complexity index is 611. The molecule has 1 fully saturated rings. The molecule has 1 aromatic carbocycles. The summed E-state index contributed by atoms with van der Waals surface area (Å²) in [7, 11) is 1.61. The second-order valence-corrected chi connectivity index (χ2v) is 6.57. The highest BCUT2D eigenvalue weighted by atomic mass is 16.5. The zero-order chi connectivity index (χ0) is 17.1. The standard InChI is InChI=1S/C18H26N2O3/c1-10(2)14-9-7-13(17(21)19-14)18(22)20-15-8-6-11(3)16(23-5)12(15)4/h6,8,10,13-14H,7,9H2,1-5H3,(H,19,21)(H,20,22). The Balaban J connectivity index is 2.10. The molecule has 1 aromatic rings.